The minimum Gasteiger partial charge on any atom is -0.336 e. The summed E-state index contributed by atoms with van der Waals surface area (Å²) in [6, 6.07) is 0.0834. The zero-order valence-electron chi connectivity index (χ0n) is 14.4. The van der Waals surface area contributed by atoms with Gasteiger partial charge >= 0.3 is 6.03 Å². The number of amides is 3. The van der Waals surface area contributed by atoms with E-state index in [0.717, 1.165) is 17.8 Å². The number of nitrogens with two attached hydrogens (primary N) is 1. The van der Waals surface area contributed by atoms with Crippen molar-refractivity contribution in [3.05, 3.63) is 0 Å². The number of urea groups is 1. The zero-order chi connectivity index (χ0) is 16.2. The highest BCUT2D eigenvalue weighted by Crippen LogP contribution is 2.60. The Morgan fingerprint density at radius 2 is 1.74 bits per heavy atom. The van der Waals surface area contributed by atoms with Gasteiger partial charge < -0.3 is 10.6 Å². The Bertz CT molecular complexity index is 483. The summed E-state index contributed by atoms with van der Waals surface area (Å²) in [6.45, 7) is 5.38. The van der Waals surface area contributed by atoms with Gasteiger partial charge in [0.2, 0.25) is 0 Å². The third kappa shape index (κ3) is 2.57. The van der Waals surface area contributed by atoms with Crippen LogP contribution in [0, 0.1) is 23.2 Å². The standard InChI is InChI=1S/C18H29N3O2/c1-11(16(22)21-4-3-19-17(21)23)20-12(2)18-8-13-5-14(9-18)7-15(6-13)10-18/h11-15,20H,3-10H2,1-2H3,(H,19,23)/p+1/t11-,12+,13?,14?,15?,18?/m0/s1. The molecule has 0 aromatic heterocycles. The molecule has 5 nitrogen and oxygen atoms in total. The van der Waals surface area contributed by atoms with E-state index < -0.39 is 0 Å². The fourth-order valence-corrected chi connectivity index (χ4v) is 6.38. The first-order valence-electron chi connectivity index (χ1n) is 9.41. The number of hydrogen-bond donors (Lipinski definition) is 2. The summed E-state index contributed by atoms with van der Waals surface area (Å²) in [5, 5.41) is 4.97. The van der Waals surface area contributed by atoms with Crippen molar-refractivity contribution in [2.45, 2.75) is 64.5 Å². The minimum atomic E-state index is -0.224. The van der Waals surface area contributed by atoms with Crippen LogP contribution < -0.4 is 10.6 Å². The molecular formula is C18H30N3O2+. The number of rotatable bonds is 4. The van der Waals surface area contributed by atoms with Gasteiger partial charge in [-0.2, -0.15) is 0 Å². The van der Waals surface area contributed by atoms with Crippen molar-refractivity contribution < 1.29 is 14.9 Å². The van der Waals surface area contributed by atoms with E-state index in [4.69, 9.17) is 0 Å². The molecule has 4 aliphatic carbocycles. The van der Waals surface area contributed by atoms with Crippen molar-refractivity contribution in [3.8, 4) is 0 Å². The maximum Gasteiger partial charge on any atom is 0.324 e. The molecule has 0 radical (unpaired) electrons. The largest absolute Gasteiger partial charge is 0.336 e. The van der Waals surface area contributed by atoms with E-state index in [-0.39, 0.29) is 18.0 Å². The Labute approximate surface area is 138 Å². The average molecular weight is 320 g/mol. The monoisotopic (exact) mass is 320 g/mol. The van der Waals surface area contributed by atoms with E-state index >= 15 is 0 Å². The average Bonchev–Trinajstić information content (AvgIpc) is 2.91. The minimum absolute atomic E-state index is 0.0309. The van der Waals surface area contributed by atoms with Gasteiger partial charge in [-0.15, -0.1) is 0 Å². The van der Waals surface area contributed by atoms with Crippen LogP contribution in [-0.2, 0) is 4.79 Å². The molecule has 4 saturated carbocycles. The van der Waals surface area contributed by atoms with Crippen LogP contribution in [0.2, 0.25) is 0 Å². The molecule has 128 valence electrons. The molecule has 5 rings (SSSR count). The normalized spacial score (nSPS) is 41.0. The van der Waals surface area contributed by atoms with Gasteiger partial charge in [0.1, 0.15) is 0 Å². The fraction of sp³-hybridized carbons (Fsp3) is 0.889. The molecule has 0 unspecified atom stereocenters. The van der Waals surface area contributed by atoms with Crippen molar-refractivity contribution >= 4 is 11.9 Å². The number of hydrogen-bond acceptors (Lipinski definition) is 2. The van der Waals surface area contributed by atoms with Crippen LogP contribution in [0.15, 0.2) is 0 Å². The van der Waals surface area contributed by atoms with Gasteiger partial charge in [-0.3, -0.25) is 9.69 Å². The lowest BCUT2D eigenvalue weighted by atomic mass is 9.48. The van der Waals surface area contributed by atoms with Crippen LogP contribution in [0.25, 0.3) is 0 Å². The number of nitrogens with zero attached hydrogens (tertiary/aromatic N) is 1. The predicted octanol–water partition coefficient (Wildman–Crippen LogP) is 1.09. The molecule has 0 spiro atoms. The molecule has 5 aliphatic rings. The van der Waals surface area contributed by atoms with Crippen molar-refractivity contribution in [1.82, 2.24) is 10.2 Å². The second kappa shape index (κ2) is 5.47. The summed E-state index contributed by atoms with van der Waals surface area (Å²) in [7, 11) is 0. The maximum atomic E-state index is 12.6. The number of carbonyl (C=O) groups excluding carboxylic acids is 2. The van der Waals surface area contributed by atoms with Crippen molar-refractivity contribution in [3.63, 3.8) is 0 Å². The number of carbonyl (C=O) groups is 2. The highest BCUT2D eigenvalue weighted by atomic mass is 16.2. The van der Waals surface area contributed by atoms with Crippen molar-refractivity contribution in [2.24, 2.45) is 23.2 Å². The molecule has 3 amide bonds. The summed E-state index contributed by atoms with van der Waals surface area (Å²) in [5.41, 5.74) is 0.441. The lowest BCUT2D eigenvalue weighted by Crippen LogP contribution is -2.98. The topological polar surface area (TPSA) is 66.0 Å². The molecule has 4 bridgehead atoms. The van der Waals surface area contributed by atoms with Crippen LogP contribution >= 0.6 is 0 Å². The van der Waals surface area contributed by atoms with Gasteiger partial charge in [0.15, 0.2) is 6.04 Å². The second-order valence-corrected chi connectivity index (χ2v) is 8.77. The third-order valence-electron chi connectivity index (χ3n) is 7.14. The van der Waals surface area contributed by atoms with E-state index in [1.54, 1.807) is 0 Å². The summed E-state index contributed by atoms with van der Waals surface area (Å²) in [4.78, 5) is 25.6. The Balaban J connectivity index is 1.42. The second-order valence-electron chi connectivity index (χ2n) is 8.77. The van der Waals surface area contributed by atoms with Gasteiger partial charge in [-0.1, -0.05) is 0 Å². The van der Waals surface area contributed by atoms with Gasteiger partial charge in [0.25, 0.3) is 5.91 Å². The van der Waals surface area contributed by atoms with Crippen molar-refractivity contribution in [2.75, 3.05) is 13.1 Å². The lowest BCUT2D eigenvalue weighted by Gasteiger charge is -2.58. The van der Waals surface area contributed by atoms with Crippen LogP contribution in [-0.4, -0.2) is 42.0 Å². The van der Waals surface area contributed by atoms with Crippen LogP contribution in [0.1, 0.15) is 52.4 Å². The molecule has 1 saturated heterocycles. The van der Waals surface area contributed by atoms with E-state index in [1.807, 2.05) is 6.92 Å². The highest BCUT2D eigenvalue weighted by molar-refractivity contribution is 5.97. The number of imide groups is 1. The number of nitrogens with one attached hydrogen (secondary N) is 1. The van der Waals surface area contributed by atoms with Crippen molar-refractivity contribution in [1.29, 1.82) is 0 Å². The molecule has 0 aromatic rings. The smallest absolute Gasteiger partial charge is 0.324 e. The van der Waals surface area contributed by atoms with E-state index in [2.05, 4.69) is 17.6 Å². The first-order valence-corrected chi connectivity index (χ1v) is 9.41. The Morgan fingerprint density at radius 1 is 1.17 bits per heavy atom. The van der Waals surface area contributed by atoms with E-state index in [0.29, 0.717) is 24.5 Å². The SMILES string of the molecule is C[C@H]([NH2+][C@H](C)C12CC3CC(CC(C3)C1)C2)C(=O)N1CCNC1=O. The highest BCUT2D eigenvalue weighted by Gasteiger charge is 2.55. The van der Waals surface area contributed by atoms with E-state index in [1.165, 1.54) is 43.4 Å². The van der Waals surface area contributed by atoms with Gasteiger partial charge in [-0.25, -0.2) is 4.79 Å². The zero-order valence-corrected chi connectivity index (χ0v) is 14.4. The summed E-state index contributed by atoms with van der Waals surface area (Å²) in [5.74, 6) is 2.78. The van der Waals surface area contributed by atoms with Gasteiger partial charge in [0.05, 0.1) is 6.04 Å². The molecule has 0 aromatic carbocycles. The molecule has 1 aliphatic heterocycles. The number of quaternary nitrogens is 1. The molecule has 5 fully saturated rings. The third-order valence-corrected chi connectivity index (χ3v) is 7.14. The first-order chi connectivity index (χ1) is 11.0. The Morgan fingerprint density at radius 3 is 2.22 bits per heavy atom. The summed E-state index contributed by atoms with van der Waals surface area (Å²) in [6.07, 6.45) is 8.45. The summed E-state index contributed by atoms with van der Waals surface area (Å²) < 4.78 is 0. The lowest BCUT2D eigenvalue weighted by molar-refractivity contribution is -0.719. The van der Waals surface area contributed by atoms with Crippen LogP contribution in [0.3, 0.4) is 0 Å². The van der Waals surface area contributed by atoms with Crippen LogP contribution in [0.4, 0.5) is 4.79 Å². The fourth-order valence-electron chi connectivity index (χ4n) is 6.38. The first kappa shape index (κ1) is 15.4. The maximum absolute atomic E-state index is 12.6. The predicted molar refractivity (Wildman–Crippen MR) is 86.6 cm³/mol. The molecule has 5 heteroatoms. The van der Waals surface area contributed by atoms with Gasteiger partial charge in [-0.05, 0) is 70.1 Å². The van der Waals surface area contributed by atoms with Crippen LogP contribution in [0.5, 0.6) is 0 Å². The molecule has 23 heavy (non-hydrogen) atoms. The molecule has 2 atom stereocenters. The van der Waals surface area contributed by atoms with Gasteiger partial charge in [0, 0.05) is 18.5 Å². The molecular weight excluding hydrogens is 290 g/mol. The summed E-state index contributed by atoms with van der Waals surface area (Å²) >= 11 is 0. The van der Waals surface area contributed by atoms with E-state index in [9.17, 15) is 9.59 Å². The quantitative estimate of drug-likeness (QED) is 0.814. The molecule has 1 heterocycles. The Kier molecular flexibility index (Phi) is 3.67. The Hall–Kier alpha value is -1.10. The molecule has 3 N–H and O–H groups in total.